The number of ketones is 2. The topological polar surface area (TPSA) is 222 Å². The highest BCUT2D eigenvalue weighted by molar-refractivity contribution is 6.38. The molecule has 1 saturated heterocycles. The Kier molecular flexibility index (Phi) is 13.9. The zero-order chi connectivity index (χ0) is 44.2. The van der Waals surface area contributed by atoms with Crippen LogP contribution in [0.3, 0.4) is 0 Å². The second-order valence-corrected chi connectivity index (χ2v) is 18.0. The van der Waals surface area contributed by atoms with Crippen molar-refractivity contribution in [1.82, 2.24) is 41.1 Å². The van der Waals surface area contributed by atoms with Gasteiger partial charge in [0.25, 0.3) is 11.8 Å². The molecule has 2 aromatic heterocycles. The second kappa shape index (κ2) is 18.9. The van der Waals surface area contributed by atoms with Gasteiger partial charge in [0, 0.05) is 18.2 Å². The number of nitrogens with zero attached hydrogens (tertiary/aromatic N) is 3. The molecule has 1 aromatic carbocycles. The SMILES string of the molecule is CCC[C@H](NC(=O)[C@@H]1C[C@@H](Oc2ncnc3ccccc23)CN1C(=O)[C@@H](NC(=O)[C@@H](NC(=O)c1[nH]c(C)c(C)c1C(C)=O)C1CCCCC1)C(C)(C)C)C(=O)C(=O)NC1CC1. The van der Waals surface area contributed by atoms with Gasteiger partial charge in [0.15, 0.2) is 5.78 Å². The first-order valence-corrected chi connectivity index (χ1v) is 21.6. The molecule has 5 atom stereocenters. The predicted molar refractivity (Wildman–Crippen MR) is 227 cm³/mol. The van der Waals surface area contributed by atoms with Gasteiger partial charge >= 0.3 is 0 Å². The molecule has 5 amide bonds. The van der Waals surface area contributed by atoms with E-state index in [0.717, 1.165) is 32.1 Å². The average molecular weight is 841 g/mol. The molecule has 16 nitrogen and oxygen atoms in total. The molecule has 3 aromatic rings. The Morgan fingerprint density at radius 3 is 2.30 bits per heavy atom. The van der Waals surface area contributed by atoms with Gasteiger partial charge in [0.2, 0.25) is 29.4 Å². The van der Waals surface area contributed by atoms with Gasteiger partial charge in [-0.25, -0.2) is 9.97 Å². The van der Waals surface area contributed by atoms with Crippen molar-refractivity contribution in [3.8, 4) is 5.88 Å². The summed E-state index contributed by atoms with van der Waals surface area (Å²) < 4.78 is 6.41. The number of hydrogen-bond acceptors (Lipinski definition) is 10. The van der Waals surface area contributed by atoms with Crippen molar-refractivity contribution >= 4 is 52.0 Å². The lowest BCUT2D eigenvalue weighted by Gasteiger charge is -2.37. The fourth-order valence-corrected chi connectivity index (χ4v) is 8.53. The average Bonchev–Trinajstić information content (AvgIpc) is 3.86. The van der Waals surface area contributed by atoms with Crippen molar-refractivity contribution in [3.63, 3.8) is 0 Å². The van der Waals surface area contributed by atoms with Gasteiger partial charge < -0.3 is 35.9 Å². The standard InChI is InChI=1S/C45H60N8O8/c1-8-14-32(37(55)42(59)49-28-19-20-28)50-39(56)33-21-29(61-43-30-17-12-13-18-31(30)46-23-47-43)22-53(33)44(60)38(45(5,6)7)52-40(57)35(27-15-10-9-11-16-27)51-41(58)36-34(26(4)54)24(2)25(3)48-36/h12-13,17-18,23,27-29,32-33,35,38,48H,8-11,14-16,19-22H2,1-7H3,(H,49,59)(H,50,56)(H,51,58)(H,52,57)/t29-,32+,33+,35+,38-/m1/s1. The van der Waals surface area contributed by atoms with E-state index < -0.39 is 71.0 Å². The first-order chi connectivity index (χ1) is 29.0. The smallest absolute Gasteiger partial charge is 0.289 e. The van der Waals surface area contributed by atoms with Crippen LogP contribution in [-0.2, 0) is 24.0 Å². The van der Waals surface area contributed by atoms with Crippen molar-refractivity contribution in [1.29, 1.82) is 0 Å². The van der Waals surface area contributed by atoms with E-state index in [1.807, 2.05) is 31.2 Å². The zero-order valence-electron chi connectivity index (χ0n) is 36.3. The Morgan fingerprint density at radius 1 is 0.934 bits per heavy atom. The molecule has 0 unspecified atom stereocenters. The first-order valence-electron chi connectivity index (χ1n) is 21.6. The van der Waals surface area contributed by atoms with Gasteiger partial charge in [-0.1, -0.05) is 65.5 Å². The van der Waals surface area contributed by atoms with E-state index in [-0.39, 0.29) is 54.3 Å². The number of H-pyrrole nitrogens is 1. The number of carbonyl (C=O) groups excluding carboxylic acids is 7. The quantitative estimate of drug-likeness (QED) is 0.102. The number of para-hydroxylation sites is 1. The number of amides is 5. The van der Waals surface area contributed by atoms with Gasteiger partial charge in [-0.05, 0) is 81.9 Å². The molecule has 0 bridgehead atoms. The Bertz CT molecular complexity index is 2160. The summed E-state index contributed by atoms with van der Waals surface area (Å²) in [5.41, 5.74) is 1.41. The van der Waals surface area contributed by atoms with Crippen LogP contribution >= 0.6 is 0 Å². The number of likely N-dealkylation sites (tertiary alicyclic amines) is 1. The van der Waals surface area contributed by atoms with E-state index in [4.69, 9.17) is 4.74 Å². The highest BCUT2D eigenvalue weighted by Gasteiger charge is 2.47. The summed E-state index contributed by atoms with van der Waals surface area (Å²) >= 11 is 0. The molecule has 3 aliphatic rings. The molecule has 3 heterocycles. The maximum Gasteiger partial charge on any atom is 0.289 e. The van der Waals surface area contributed by atoms with Crippen LogP contribution < -0.4 is 26.0 Å². The number of nitrogens with one attached hydrogen (secondary N) is 5. The summed E-state index contributed by atoms with van der Waals surface area (Å²) in [7, 11) is 0. The summed E-state index contributed by atoms with van der Waals surface area (Å²) in [6.45, 7) is 12.1. The van der Waals surface area contributed by atoms with Gasteiger partial charge in [-0.2, -0.15) is 0 Å². The minimum atomic E-state index is -1.18. The maximum atomic E-state index is 15.0. The van der Waals surface area contributed by atoms with E-state index in [1.54, 1.807) is 34.6 Å². The van der Waals surface area contributed by atoms with Gasteiger partial charge in [0.1, 0.15) is 36.3 Å². The second-order valence-electron chi connectivity index (χ2n) is 18.0. The molecule has 16 heteroatoms. The summed E-state index contributed by atoms with van der Waals surface area (Å²) in [4.78, 5) is 110. The van der Waals surface area contributed by atoms with Gasteiger partial charge in [-0.3, -0.25) is 33.6 Å². The van der Waals surface area contributed by atoms with Crippen molar-refractivity contribution < 1.29 is 38.3 Å². The fourth-order valence-electron chi connectivity index (χ4n) is 8.53. The van der Waals surface area contributed by atoms with Crippen LogP contribution in [0, 0.1) is 25.2 Å². The minimum Gasteiger partial charge on any atom is -0.472 e. The van der Waals surface area contributed by atoms with Gasteiger partial charge in [-0.15, -0.1) is 0 Å². The molecule has 6 rings (SSSR count). The first kappa shape index (κ1) is 44.9. The highest BCUT2D eigenvalue weighted by atomic mass is 16.5. The molecule has 0 radical (unpaired) electrons. The normalized spacial score (nSPS) is 19.7. The lowest BCUT2D eigenvalue weighted by Crippen LogP contribution is -2.62. The number of fused-ring (bicyclic) bond motifs is 1. The number of ether oxygens (including phenoxy) is 1. The Balaban J connectivity index is 1.29. The van der Waals surface area contributed by atoms with E-state index >= 15 is 4.79 Å². The Hall–Kier alpha value is -5.67. The number of hydrogen-bond donors (Lipinski definition) is 5. The van der Waals surface area contributed by atoms with Crippen molar-refractivity contribution in [3.05, 3.63) is 53.1 Å². The monoisotopic (exact) mass is 840 g/mol. The molecule has 1 aliphatic heterocycles. The largest absolute Gasteiger partial charge is 0.472 e. The fraction of sp³-hybridized carbons (Fsp3) is 0.578. The molecule has 2 aliphatic carbocycles. The molecule has 5 N–H and O–H groups in total. The molecular formula is C45H60N8O8. The van der Waals surface area contributed by atoms with Crippen LogP contribution in [0.2, 0.25) is 0 Å². The molecule has 2 saturated carbocycles. The van der Waals surface area contributed by atoms with Crippen LogP contribution in [0.4, 0.5) is 0 Å². The third kappa shape index (κ3) is 10.4. The summed E-state index contributed by atoms with van der Waals surface area (Å²) in [6, 6.07) is 2.76. The molecule has 61 heavy (non-hydrogen) atoms. The Labute approximate surface area is 356 Å². The number of aromatic nitrogens is 3. The lowest BCUT2D eigenvalue weighted by atomic mass is 9.82. The van der Waals surface area contributed by atoms with E-state index in [9.17, 15) is 28.8 Å². The molecule has 328 valence electrons. The third-order valence-electron chi connectivity index (χ3n) is 12.1. The number of benzene rings is 1. The van der Waals surface area contributed by atoms with Crippen LogP contribution in [-0.4, -0.2) is 104 Å². The van der Waals surface area contributed by atoms with Crippen LogP contribution in [0.25, 0.3) is 10.9 Å². The summed E-state index contributed by atoms with van der Waals surface area (Å²) in [5.74, 6) is -4.12. The van der Waals surface area contributed by atoms with E-state index in [1.165, 1.54) is 18.2 Å². The third-order valence-corrected chi connectivity index (χ3v) is 12.1. The molecule has 3 fully saturated rings. The number of aromatic amines is 1. The zero-order valence-corrected chi connectivity index (χ0v) is 36.3. The number of Topliss-reactive ketones (excluding diaryl/α,β-unsaturated/α-hetero) is 2. The predicted octanol–water partition coefficient (Wildman–Crippen LogP) is 4.17. The van der Waals surface area contributed by atoms with E-state index in [2.05, 4.69) is 36.2 Å². The minimum absolute atomic E-state index is 0.0240. The lowest BCUT2D eigenvalue weighted by molar-refractivity contribution is -0.145. The Morgan fingerprint density at radius 2 is 1.64 bits per heavy atom. The van der Waals surface area contributed by atoms with E-state index in [0.29, 0.717) is 41.4 Å². The van der Waals surface area contributed by atoms with Crippen molar-refractivity contribution in [2.45, 2.75) is 149 Å². The van der Waals surface area contributed by atoms with Crippen LogP contribution in [0.1, 0.15) is 131 Å². The highest BCUT2D eigenvalue weighted by Crippen LogP contribution is 2.32. The van der Waals surface area contributed by atoms with Crippen LogP contribution in [0.15, 0.2) is 30.6 Å². The van der Waals surface area contributed by atoms with Crippen molar-refractivity contribution in [2.24, 2.45) is 11.3 Å². The molecular weight excluding hydrogens is 781 g/mol. The summed E-state index contributed by atoms with van der Waals surface area (Å²) in [5, 5.41) is 12.0. The number of aryl methyl sites for hydroxylation is 1. The number of carbonyl (C=O) groups is 7. The van der Waals surface area contributed by atoms with Crippen LogP contribution in [0.5, 0.6) is 5.88 Å². The van der Waals surface area contributed by atoms with Gasteiger partial charge in [0.05, 0.1) is 29.1 Å². The maximum absolute atomic E-state index is 15.0. The van der Waals surface area contributed by atoms with Crippen molar-refractivity contribution in [2.75, 3.05) is 6.54 Å². The summed E-state index contributed by atoms with van der Waals surface area (Å²) in [6.07, 6.45) is 7.03. The number of rotatable bonds is 16. The molecule has 0 spiro atoms.